The molecule has 0 fully saturated rings. The maximum atomic E-state index is 12.4. The molecule has 8 heteroatoms. The first-order valence-corrected chi connectivity index (χ1v) is 6.63. The van der Waals surface area contributed by atoms with Gasteiger partial charge in [-0.1, -0.05) is 0 Å². The molecule has 0 heterocycles. The number of hydrogen-bond donors (Lipinski definition) is 1. The summed E-state index contributed by atoms with van der Waals surface area (Å²) in [6.45, 7) is 1.70. The summed E-state index contributed by atoms with van der Waals surface area (Å²) in [4.78, 5) is 22.3. The first kappa shape index (κ1) is 16.4. The van der Waals surface area contributed by atoms with Gasteiger partial charge >= 0.3 is 17.3 Å². The molecule has 17 heavy (non-hydrogen) atoms. The molecule has 4 nitrogen and oxygen atoms in total. The summed E-state index contributed by atoms with van der Waals surface area (Å²) in [5, 5.41) is -2.16. The molecular weight excluding hydrogens is 276 g/mol. The van der Waals surface area contributed by atoms with Crippen LogP contribution in [0.5, 0.6) is 0 Å². The zero-order valence-corrected chi connectivity index (χ0v) is 11.0. The molecule has 1 amide bonds. The molecule has 0 bridgehead atoms. The predicted octanol–water partition coefficient (Wildman–Crippen LogP) is 1.62. The Kier molecular flexibility index (Phi) is 7.45. The number of rotatable bonds is 7. The number of halogens is 3. The van der Waals surface area contributed by atoms with Crippen molar-refractivity contribution in [3.8, 4) is 0 Å². The maximum absolute atomic E-state index is 12.4. The van der Waals surface area contributed by atoms with E-state index < -0.39 is 23.3 Å². The topological polar surface area (TPSA) is 55.4 Å². The molecule has 0 aromatic carbocycles. The summed E-state index contributed by atoms with van der Waals surface area (Å²) >= 11 is 5.96. The van der Waals surface area contributed by atoms with E-state index >= 15 is 0 Å². The number of amides is 1. The third-order valence-electron chi connectivity index (χ3n) is 1.74. The van der Waals surface area contributed by atoms with E-state index in [0.717, 1.165) is 0 Å². The molecule has 0 radical (unpaired) electrons. The molecule has 0 aliphatic carbocycles. The van der Waals surface area contributed by atoms with Crippen molar-refractivity contribution in [3.05, 3.63) is 0 Å². The monoisotopic (exact) mass is 289 g/mol. The van der Waals surface area contributed by atoms with Crippen molar-refractivity contribution < 1.29 is 23.1 Å². The number of ether oxygens (including phenoxy) is 1. The molecule has 0 aliphatic heterocycles. The van der Waals surface area contributed by atoms with Gasteiger partial charge in [0.25, 0.3) is 0 Å². The number of nitrogens with one attached hydrogen (secondary N) is 1. The van der Waals surface area contributed by atoms with Gasteiger partial charge in [-0.3, -0.25) is 4.79 Å². The van der Waals surface area contributed by atoms with Gasteiger partial charge in [-0.2, -0.15) is 20.5 Å². The third-order valence-corrected chi connectivity index (χ3v) is 2.56. The van der Waals surface area contributed by atoms with Crippen LogP contribution in [0.25, 0.3) is 0 Å². The summed E-state index contributed by atoms with van der Waals surface area (Å²) in [6.07, 6.45) is 2.00. The molecule has 0 rings (SSSR count). The second-order valence-electron chi connectivity index (χ2n) is 3.06. The van der Waals surface area contributed by atoms with Crippen molar-refractivity contribution in [1.29, 1.82) is 0 Å². The smallest absolute Gasteiger partial charge is 0.399 e. The van der Waals surface area contributed by atoms with Crippen molar-refractivity contribution in [2.45, 2.75) is 24.8 Å². The van der Waals surface area contributed by atoms with Crippen LogP contribution in [0.1, 0.15) is 13.3 Å². The second kappa shape index (κ2) is 7.71. The van der Waals surface area contributed by atoms with Gasteiger partial charge < -0.3 is 10.1 Å². The Morgan fingerprint density at radius 1 is 1.53 bits per heavy atom. The van der Waals surface area contributed by atoms with E-state index in [1.54, 1.807) is 13.2 Å². The summed E-state index contributed by atoms with van der Waals surface area (Å²) < 4.78 is 29.6. The average Bonchev–Trinajstić information content (AvgIpc) is 2.22. The molecule has 0 spiro atoms. The lowest BCUT2D eigenvalue weighted by Crippen LogP contribution is -2.47. The van der Waals surface area contributed by atoms with Crippen molar-refractivity contribution in [2.75, 3.05) is 18.6 Å². The van der Waals surface area contributed by atoms with E-state index in [0.29, 0.717) is 5.75 Å². The minimum absolute atomic E-state index is 0.113. The van der Waals surface area contributed by atoms with Crippen LogP contribution in [-0.2, 0) is 14.3 Å². The Balaban J connectivity index is 4.48. The molecule has 0 aromatic rings. The van der Waals surface area contributed by atoms with Crippen LogP contribution in [0.2, 0.25) is 0 Å². The van der Waals surface area contributed by atoms with Crippen LogP contribution in [-0.4, -0.2) is 41.9 Å². The summed E-state index contributed by atoms with van der Waals surface area (Å²) in [5.41, 5.74) is 0. The number of hydrogen-bond acceptors (Lipinski definition) is 4. The first-order chi connectivity index (χ1) is 7.82. The van der Waals surface area contributed by atoms with Crippen LogP contribution in [0.4, 0.5) is 8.78 Å². The number of esters is 1. The number of carbonyl (C=O) groups is 2. The van der Waals surface area contributed by atoms with Crippen LogP contribution in [0.3, 0.4) is 0 Å². The molecule has 0 aliphatic rings. The fraction of sp³-hybridized carbons (Fsp3) is 0.778. The maximum Gasteiger partial charge on any atom is 0.399 e. The second-order valence-corrected chi connectivity index (χ2v) is 4.52. The highest BCUT2D eigenvalue weighted by atomic mass is 35.5. The van der Waals surface area contributed by atoms with E-state index in [2.05, 4.69) is 16.3 Å². The highest BCUT2D eigenvalue weighted by Crippen LogP contribution is 2.19. The van der Waals surface area contributed by atoms with Gasteiger partial charge in [0.05, 0.1) is 6.61 Å². The van der Waals surface area contributed by atoms with E-state index in [4.69, 9.17) is 0 Å². The highest BCUT2D eigenvalue weighted by molar-refractivity contribution is 7.98. The summed E-state index contributed by atoms with van der Waals surface area (Å²) in [5.74, 6) is -1.91. The van der Waals surface area contributed by atoms with Gasteiger partial charge in [0.2, 0.25) is 0 Å². The Morgan fingerprint density at radius 3 is 2.53 bits per heavy atom. The zero-order chi connectivity index (χ0) is 13.5. The van der Waals surface area contributed by atoms with E-state index in [1.807, 2.05) is 5.32 Å². The number of thioether (sulfide) groups is 1. The highest BCUT2D eigenvalue weighted by Gasteiger charge is 2.38. The quantitative estimate of drug-likeness (QED) is 0.572. The van der Waals surface area contributed by atoms with Gasteiger partial charge in [0, 0.05) is 0 Å². The molecule has 1 atom stereocenters. The molecule has 0 aromatic heterocycles. The average molecular weight is 290 g/mol. The van der Waals surface area contributed by atoms with Gasteiger partial charge in [-0.25, -0.2) is 4.79 Å². The minimum atomic E-state index is -4.02. The van der Waals surface area contributed by atoms with Gasteiger partial charge in [0.1, 0.15) is 6.04 Å². The minimum Gasteiger partial charge on any atom is -0.464 e. The molecule has 0 saturated heterocycles. The van der Waals surface area contributed by atoms with Crippen LogP contribution in [0.15, 0.2) is 0 Å². The fourth-order valence-electron chi connectivity index (χ4n) is 0.968. The standard InChI is InChI=1S/C9H14ClF2NO3S/c1-3-16-7(14)6(4-5-17-2)13-8(15)9(10,11)12/h6H,3-5H2,1-2H3,(H,13,15). The van der Waals surface area contributed by atoms with Gasteiger partial charge in [0.15, 0.2) is 0 Å². The Morgan fingerprint density at radius 2 is 2.12 bits per heavy atom. The third kappa shape index (κ3) is 6.68. The van der Waals surface area contributed by atoms with Crippen molar-refractivity contribution in [1.82, 2.24) is 5.32 Å². The zero-order valence-electron chi connectivity index (χ0n) is 9.47. The predicted molar refractivity (Wildman–Crippen MR) is 62.4 cm³/mol. The first-order valence-electron chi connectivity index (χ1n) is 4.86. The van der Waals surface area contributed by atoms with Crippen LogP contribution >= 0.6 is 23.4 Å². The molecule has 100 valence electrons. The lowest BCUT2D eigenvalue weighted by atomic mass is 10.2. The Hall–Kier alpha value is -0.560. The molecule has 1 N–H and O–H groups in total. The summed E-state index contributed by atoms with van der Waals surface area (Å²) in [6, 6.07) is -1.10. The van der Waals surface area contributed by atoms with Crippen molar-refractivity contribution >= 4 is 35.2 Å². The normalized spacial score (nSPS) is 13.0. The van der Waals surface area contributed by atoms with Crippen LogP contribution in [0, 0.1) is 0 Å². The van der Waals surface area contributed by atoms with Crippen molar-refractivity contribution in [2.24, 2.45) is 0 Å². The number of carbonyl (C=O) groups excluding carboxylic acids is 2. The molecular formula is C9H14ClF2NO3S. The molecule has 0 saturated carbocycles. The SMILES string of the molecule is CCOC(=O)C(CCSC)NC(=O)C(F)(F)Cl. The van der Waals surface area contributed by atoms with Crippen molar-refractivity contribution in [3.63, 3.8) is 0 Å². The fourth-order valence-corrected chi connectivity index (χ4v) is 1.49. The van der Waals surface area contributed by atoms with Gasteiger partial charge in [-0.15, -0.1) is 0 Å². The van der Waals surface area contributed by atoms with Crippen LogP contribution < -0.4 is 5.32 Å². The Labute approximate surface area is 107 Å². The lowest BCUT2D eigenvalue weighted by molar-refractivity contribution is -0.149. The van der Waals surface area contributed by atoms with Gasteiger partial charge in [-0.05, 0) is 37.0 Å². The lowest BCUT2D eigenvalue weighted by Gasteiger charge is -2.18. The largest absolute Gasteiger partial charge is 0.464 e. The number of alkyl halides is 3. The van der Waals surface area contributed by atoms with E-state index in [9.17, 15) is 18.4 Å². The Bertz CT molecular complexity index is 273. The molecule has 1 unspecified atom stereocenters. The van der Waals surface area contributed by atoms with E-state index in [1.165, 1.54) is 11.8 Å². The van der Waals surface area contributed by atoms with E-state index in [-0.39, 0.29) is 13.0 Å². The summed E-state index contributed by atoms with van der Waals surface area (Å²) in [7, 11) is 0.